The molecule has 0 saturated carbocycles. The van der Waals surface area contributed by atoms with E-state index < -0.39 is 29.4 Å². The summed E-state index contributed by atoms with van der Waals surface area (Å²) >= 11 is 0. The van der Waals surface area contributed by atoms with E-state index in [9.17, 15) is 28.8 Å². The fourth-order valence-electron chi connectivity index (χ4n) is 6.16. The van der Waals surface area contributed by atoms with Crippen LogP contribution >= 0.6 is 0 Å². The van der Waals surface area contributed by atoms with Crippen molar-refractivity contribution in [2.45, 2.75) is 31.2 Å². The Morgan fingerprint density at radius 3 is 0.878 bits per heavy atom. The van der Waals surface area contributed by atoms with Gasteiger partial charge in [0, 0.05) is 6.42 Å². The van der Waals surface area contributed by atoms with Gasteiger partial charge in [0.1, 0.15) is 5.54 Å². The van der Waals surface area contributed by atoms with Crippen LogP contribution in [0, 0.1) is 0 Å². The number of nitrogens with zero attached hydrogens (tertiary/aromatic N) is 1. The monoisotopic (exact) mass is 1070 g/mol. The van der Waals surface area contributed by atoms with Crippen molar-refractivity contribution < 1.29 is 115 Å². The molecule has 0 radical (unpaired) electrons. The standard InChI is InChI=1S/C48H78N2O24/c51-42(49-48(37-72-11-6-43(52)53,38-73-12-7-44(54)55)39-74-13-8-45(56)57)5-10-60-15-17-62-19-21-64-23-25-66-27-29-68-31-33-70-35-36-71-34-32-69-30-28-67-26-24-65-22-20-63-18-16-61-14-9-50-46(58)40-3-1-2-4-41(40)47(50)59/h1-4H,5-39H2,(H,49,51)(H,52,53)(H,54,55)(H,56,57). The molecule has 3 amide bonds. The molecule has 26 heteroatoms. The van der Waals surface area contributed by atoms with E-state index in [4.69, 9.17) is 86.4 Å². The summed E-state index contributed by atoms with van der Waals surface area (Å²) in [5.41, 5.74) is -0.510. The zero-order valence-corrected chi connectivity index (χ0v) is 42.4. The number of carbonyl (C=O) groups is 6. The number of benzene rings is 1. The molecule has 4 N–H and O–H groups in total. The summed E-state index contributed by atoms with van der Waals surface area (Å²) in [6.07, 6.45) is -0.981. The first kappa shape index (κ1) is 65.8. The highest BCUT2D eigenvalue weighted by Gasteiger charge is 2.35. The van der Waals surface area contributed by atoms with E-state index in [2.05, 4.69) is 5.32 Å². The van der Waals surface area contributed by atoms with Gasteiger partial charge in [0.2, 0.25) is 5.91 Å². The summed E-state index contributed by atoms with van der Waals surface area (Å²) in [6, 6.07) is 6.77. The van der Waals surface area contributed by atoms with Crippen LogP contribution in [0.3, 0.4) is 0 Å². The third kappa shape index (κ3) is 35.0. The molecule has 0 unspecified atom stereocenters. The minimum Gasteiger partial charge on any atom is -0.481 e. The number of amides is 3. The van der Waals surface area contributed by atoms with Crippen LogP contribution in [0.5, 0.6) is 0 Å². The van der Waals surface area contributed by atoms with E-state index in [0.717, 1.165) is 0 Å². The van der Waals surface area contributed by atoms with Gasteiger partial charge in [-0.3, -0.25) is 33.7 Å². The number of hydrogen-bond donors (Lipinski definition) is 4. The molecule has 74 heavy (non-hydrogen) atoms. The van der Waals surface area contributed by atoms with Gasteiger partial charge in [-0.15, -0.1) is 0 Å². The van der Waals surface area contributed by atoms with Crippen molar-refractivity contribution in [2.75, 3.05) is 205 Å². The van der Waals surface area contributed by atoms with Crippen molar-refractivity contribution in [1.82, 2.24) is 10.2 Å². The largest absolute Gasteiger partial charge is 0.481 e. The summed E-state index contributed by atoms with van der Waals surface area (Å²) in [4.78, 5) is 71.5. The van der Waals surface area contributed by atoms with Gasteiger partial charge >= 0.3 is 17.9 Å². The third-order valence-corrected chi connectivity index (χ3v) is 9.82. The molecule has 0 aliphatic carbocycles. The lowest BCUT2D eigenvalue weighted by molar-refractivity contribution is -0.140. The maximum atomic E-state index is 12.9. The summed E-state index contributed by atoms with van der Waals surface area (Å²) in [7, 11) is 0. The predicted octanol–water partition coefficient (Wildman–Crippen LogP) is 0.201. The van der Waals surface area contributed by atoms with Gasteiger partial charge in [-0.25, -0.2) is 0 Å². The van der Waals surface area contributed by atoms with Crippen LogP contribution < -0.4 is 5.32 Å². The van der Waals surface area contributed by atoms with Gasteiger partial charge in [0.05, 0.1) is 235 Å². The van der Waals surface area contributed by atoms with Gasteiger partial charge in [0.15, 0.2) is 0 Å². The number of ether oxygens (including phenoxy) is 15. The maximum Gasteiger partial charge on any atom is 0.305 e. The number of imide groups is 1. The molecule has 0 spiro atoms. The summed E-state index contributed by atoms with van der Waals surface area (Å²) < 4.78 is 82.3. The van der Waals surface area contributed by atoms with Crippen molar-refractivity contribution >= 4 is 35.6 Å². The first-order valence-corrected chi connectivity index (χ1v) is 24.6. The molecule has 0 saturated heterocycles. The molecule has 0 fully saturated rings. The van der Waals surface area contributed by atoms with Gasteiger partial charge in [-0.1, -0.05) is 12.1 Å². The Bertz CT molecular complexity index is 1570. The Morgan fingerprint density at radius 2 is 0.608 bits per heavy atom. The molecule has 0 aromatic heterocycles. The van der Waals surface area contributed by atoms with Gasteiger partial charge in [-0.2, -0.15) is 0 Å². The Balaban J connectivity index is 1.28. The lowest BCUT2D eigenvalue weighted by Gasteiger charge is -2.34. The molecule has 1 aliphatic rings. The second-order valence-electron chi connectivity index (χ2n) is 15.8. The first-order valence-electron chi connectivity index (χ1n) is 24.6. The number of carbonyl (C=O) groups excluding carboxylic acids is 3. The topological polar surface area (TPSA) is 317 Å². The Hall–Kier alpha value is -4.36. The van der Waals surface area contributed by atoms with Crippen molar-refractivity contribution in [1.29, 1.82) is 0 Å². The fraction of sp³-hybridized carbons (Fsp3) is 0.750. The average Bonchev–Trinajstić information content (AvgIpc) is 3.62. The normalized spacial score (nSPS) is 12.5. The Morgan fingerprint density at radius 1 is 0.365 bits per heavy atom. The zero-order valence-electron chi connectivity index (χ0n) is 42.4. The average molecular weight is 1070 g/mol. The maximum absolute atomic E-state index is 12.9. The highest BCUT2D eigenvalue weighted by atomic mass is 16.6. The molecule has 424 valence electrons. The highest BCUT2D eigenvalue weighted by molar-refractivity contribution is 6.21. The van der Waals surface area contributed by atoms with E-state index in [0.29, 0.717) is 143 Å². The van der Waals surface area contributed by atoms with Crippen molar-refractivity contribution in [3.8, 4) is 0 Å². The summed E-state index contributed by atoms with van der Waals surface area (Å²) in [6.45, 7) is 7.80. The molecule has 26 nitrogen and oxygen atoms in total. The van der Waals surface area contributed by atoms with E-state index >= 15 is 0 Å². The minimum absolute atomic E-state index is 0.0384. The fourth-order valence-corrected chi connectivity index (χ4v) is 6.16. The molecule has 2 rings (SSSR count). The van der Waals surface area contributed by atoms with Crippen molar-refractivity contribution in [2.24, 2.45) is 0 Å². The van der Waals surface area contributed by atoms with E-state index in [-0.39, 0.29) is 110 Å². The highest BCUT2D eigenvalue weighted by Crippen LogP contribution is 2.22. The molecule has 1 heterocycles. The minimum atomic E-state index is -1.36. The summed E-state index contributed by atoms with van der Waals surface area (Å²) in [5.74, 6) is -4.34. The van der Waals surface area contributed by atoms with Crippen LogP contribution in [0.1, 0.15) is 46.4 Å². The lowest BCUT2D eigenvalue weighted by Crippen LogP contribution is -2.59. The SMILES string of the molecule is O=C(O)CCOCC(COCCC(=O)O)(COCCC(=O)O)NC(=O)CCOCCOCCOCCOCCOCCOCCOCCOCCOCCOCCOCCOCCN1C(=O)c2ccccc2C1=O. The zero-order chi connectivity index (χ0) is 53.6. The van der Waals surface area contributed by atoms with Crippen LogP contribution in [-0.2, 0) is 90.2 Å². The predicted molar refractivity (Wildman–Crippen MR) is 256 cm³/mol. The van der Waals surface area contributed by atoms with Crippen LogP contribution in [-0.4, -0.2) is 266 Å². The van der Waals surface area contributed by atoms with Crippen molar-refractivity contribution in [3.05, 3.63) is 35.4 Å². The molecule has 1 aromatic carbocycles. The smallest absolute Gasteiger partial charge is 0.305 e. The van der Waals surface area contributed by atoms with Gasteiger partial charge in [0.25, 0.3) is 11.8 Å². The Kier molecular flexibility index (Phi) is 39.9. The molecule has 1 aromatic rings. The number of nitrogens with one attached hydrogen (secondary N) is 1. The molecule has 1 aliphatic heterocycles. The van der Waals surface area contributed by atoms with Crippen LogP contribution in [0.15, 0.2) is 24.3 Å². The van der Waals surface area contributed by atoms with Crippen LogP contribution in [0.2, 0.25) is 0 Å². The second-order valence-corrected chi connectivity index (χ2v) is 15.8. The van der Waals surface area contributed by atoms with E-state index in [1.54, 1.807) is 24.3 Å². The number of hydrogen-bond acceptors (Lipinski definition) is 21. The number of fused-ring (bicyclic) bond motifs is 1. The quantitative estimate of drug-likeness (QED) is 0.0500. The number of aliphatic carboxylic acids is 3. The van der Waals surface area contributed by atoms with E-state index in [1.165, 1.54) is 4.90 Å². The molecular weight excluding hydrogens is 989 g/mol. The van der Waals surface area contributed by atoms with Crippen molar-refractivity contribution in [3.63, 3.8) is 0 Å². The van der Waals surface area contributed by atoms with Crippen LogP contribution in [0.4, 0.5) is 0 Å². The van der Waals surface area contributed by atoms with Gasteiger partial charge in [-0.05, 0) is 12.1 Å². The Labute approximate surface area is 431 Å². The van der Waals surface area contributed by atoms with Crippen LogP contribution in [0.25, 0.3) is 0 Å². The molecule has 0 bridgehead atoms. The molecule has 0 atom stereocenters. The summed E-state index contributed by atoms with van der Waals surface area (Å²) in [5, 5.41) is 29.5. The van der Waals surface area contributed by atoms with E-state index in [1.807, 2.05) is 0 Å². The number of carboxylic acids is 3. The lowest BCUT2D eigenvalue weighted by atomic mass is 10.0. The number of rotatable bonds is 55. The molecular formula is C48H78N2O24. The number of carboxylic acid groups (broad SMARTS) is 3. The first-order chi connectivity index (χ1) is 36.0. The third-order valence-electron chi connectivity index (χ3n) is 9.82. The van der Waals surface area contributed by atoms with Gasteiger partial charge < -0.3 is 91.7 Å². The second kappa shape index (κ2) is 44.9.